The molecule has 1 saturated heterocycles. The van der Waals surface area contributed by atoms with Crippen LogP contribution in [-0.4, -0.2) is 66.2 Å². The van der Waals surface area contributed by atoms with E-state index in [1.807, 2.05) is 20.8 Å². The van der Waals surface area contributed by atoms with Crippen LogP contribution in [0.3, 0.4) is 0 Å². The van der Waals surface area contributed by atoms with Crippen LogP contribution in [0, 0.1) is 0 Å². The molecule has 1 rings (SSSR count). The molecule has 1 heterocycles. The molecule has 0 saturated carbocycles. The van der Waals surface area contributed by atoms with E-state index in [1.54, 1.807) is 7.11 Å². The molecule has 9 nitrogen and oxygen atoms in total. The van der Waals surface area contributed by atoms with Gasteiger partial charge in [0.25, 0.3) is 0 Å². The molecule has 0 bridgehead atoms. The van der Waals surface area contributed by atoms with Crippen LogP contribution in [0.2, 0.25) is 0 Å². The lowest BCUT2D eigenvalue weighted by atomic mass is 10.2. The van der Waals surface area contributed by atoms with Gasteiger partial charge in [-0.2, -0.15) is 0 Å². The van der Waals surface area contributed by atoms with Crippen molar-refractivity contribution in [3.63, 3.8) is 0 Å². The molecule has 0 spiro atoms. The van der Waals surface area contributed by atoms with E-state index in [0.717, 1.165) is 13.1 Å². The van der Waals surface area contributed by atoms with Gasteiger partial charge in [-0.3, -0.25) is 0 Å². The molecule has 122 valence electrons. The van der Waals surface area contributed by atoms with E-state index in [9.17, 15) is 4.79 Å². The molecule has 0 aromatic rings. The van der Waals surface area contributed by atoms with Crippen molar-refractivity contribution in [3.8, 4) is 0 Å². The van der Waals surface area contributed by atoms with Crippen LogP contribution >= 0.6 is 0 Å². The third-order valence-electron chi connectivity index (χ3n) is 2.35. The summed E-state index contributed by atoms with van der Waals surface area (Å²) >= 11 is 0. The van der Waals surface area contributed by atoms with Crippen molar-refractivity contribution < 1.29 is 34.1 Å². The van der Waals surface area contributed by atoms with E-state index < -0.39 is 23.6 Å². The molecule has 0 unspecified atom stereocenters. The number of hydrogen-bond donors (Lipinski definition) is 4. The summed E-state index contributed by atoms with van der Waals surface area (Å²) in [6.07, 6.45) is -0.365. The zero-order valence-corrected chi connectivity index (χ0v) is 12.5. The fourth-order valence-corrected chi connectivity index (χ4v) is 1.51. The summed E-state index contributed by atoms with van der Waals surface area (Å²) in [4.78, 5) is 29.7. The number of carbonyl (C=O) groups excluding carboxylic acids is 1. The highest BCUT2D eigenvalue weighted by atomic mass is 16.6. The Morgan fingerprint density at radius 1 is 1.14 bits per heavy atom. The second-order valence-corrected chi connectivity index (χ2v) is 5.30. The number of nitrogens with one attached hydrogen (secondary N) is 2. The fraction of sp³-hybridized carbons (Fsp3) is 0.750. The van der Waals surface area contributed by atoms with Gasteiger partial charge in [-0.05, 0) is 20.8 Å². The Kier molecular flexibility index (Phi) is 7.67. The van der Waals surface area contributed by atoms with Crippen LogP contribution in [0.4, 0.5) is 4.79 Å². The lowest BCUT2D eigenvalue weighted by Crippen LogP contribution is -2.45. The number of carbonyl (C=O) groups is 3. The number of amides is 1. The zero-order valence-electron chi connectivity index (χ0n) is 12.5. The Morgan fingerprint density at radius 3 is 2.05 bits per heavy atom. The number of carboxylic acid groups (broad SMARTS) is 2. The van der Waals surface area contributed by atoms with Crippen LogP contribution in [0.15, 0.2) is 0 Å². The first-order valence-electron chi connectivity index (χ1n) is 6.26. The van der Waals surface area contributed by atoms with Gasteiger partial charge < -0.3 is 30.3 Å². The molecule has 21 heavy (non-hydrogen) atoms. The van der Waals surface area contributed by atoms with Crippen molar-refractivity contribution in [2.45, 2.75) is 38.5 Å². The Hall–Kier alpha value is -1.87. The lowest BCUT2D eigenvalue weighted by Gasteiger charge is -2.23. The van der Waals surface area contributed by atoms with Gasteiger partial charge in [-0.15, -0.1) is 0 Å². The zero-order chi connectivity index (χ0) is 16.6. The van der Waals surface area contributed by atoms with Crippen LogP contribution in [0.25, 0.3) is 0 Å². The Labute approximate surface area is 122 Å². The van der Waals surface area contributed by atoms with Gasteiger partial charge in [-0.25, -0.2) is 14.4 Å². The van der Waals surface area contributed by atoms with Gasteiger partial charge in [0.15, 0.2) is 0 Å². The minimum atomic E-state index is -1.82. The van der Waals surface area contributed by atoms with Crippen LogP contribution < -0.4 is 10.6 Å². The fourth-order valence-electron chi connectivity index (χ4n) is 1.51. The summed E-state index contributed by atoms with van der Waals surface area (Å²) in [5, 5.41) is 20.7. The van der Waals surface area contributed by atoms with Crippen molar-refractivity contribution in [2.24, 2.45) is 0 Å². The summed E-state index contributed by atoms with van der Waals surface area (Å²) in [7, 11) is 1.64. The molecule has 4 N–H and O–H groups in total. The van der Waals surface area contributed by atoms with Gasteiger partial charge >= 0.3 is 18.0 Å². The summed E-state index contributed by atoms with van der Waals surface area (Å²) in [6.45, 7) is 7.00. The van der Waals surface area contributed by atoms with E-state index >= 15 is 0 Å². The number of aliphatic carboxylic acids is 2. The first-order chi connectivity index (χ1) is 9.56. The Morgan fingerprint density at radius 2 is 1.67 bits per heavy atom. The molecule has 0 radical (unpaired) electrons. The third-order valence-corrected chi connectivity index (χ3v) is 2.35. The van der Waals surface area contributed by atoms with Gasteiger partial charge in [0.1, 0.15) is 5.60 Å². The Balaban J connectivity index is 0.000000567. The van der Waals surface area contributed by atoms with Gasteiger partial charge in [-0.1, -0.05) is 0 Å². The van der Waals surface area contributed by atoms with Crippen LogP contribution in [-0.2, 0) is 19.1 Å². The highest BCUT2D eigenvalue weighted by molar-refractivity contribution is 6.27. The quantitative estimate of drug-likeness (QED) is 0.509. The average Bonchev–Trinajstić information content (AvgIpc) is 2.74. The molecular weight excluding hydrogens is 284 g/mol. The summed E-state index contributed by atoms with van der Waals surface area (Å²) < 4.78 is 10.4. The second-order valence-electron chi connectivity index (χ2n) is 5.30. The van der Waals surface area contributed by atoms with Crippen LogP contribution in [0.1, 0.15) is 20.8 Å². The number of alkyl carbamates (subject to hydrolysis) is 1. The van der Waals surface area contributed by atoms with Crippen molar-refractivity contribution >= 4 is 18.0 Å². The minimum Gasteiger partial charge on any atom is -0.473 e. The van der Waals surface area contributed by atoms with Crippen molar-refractivity contribution in [1.82, 2.24) is 10.6 Å². The van der Waals surface area contributed by atoms with Crippen LogP contribution in [0.5, 0.6) is 0 Å². The largest absolute Gasteiger partial charge is 0.473 e. The van der Waals surface area contributed by atoms with E-state index in [-0.39, 0.29) is 12.1 Å². The van der Waals surface area contributed by atoms with Gasteiger partial charge in [0.05, 0.1) is 12.1 Å². The van der Waals surface area contributed by atoms with Gasteiger partial charge in [0, 0.05) is 20.2 Å². The number of carboxylic acids is 2. The predicted molar refractivity (Wildman–Crippen MR) is 72.1 cm³/mol. The third kappa shape index (κ3) is 8.82. The van der Waals surface area contributed by atoms with Crippen molar-refractivity contribution in [1.29, 1.82) is 0 Å². The lowest BCUT2D eigenvalue weighted by molar-refractivity contribution is -0.159. The monoisotopic (exact) mass is 306 g/mol. The maximum atomic E-state index is 11.5. The molecule has 0 aromatic carbocycles. The first-order valence-corrected chi connectivity index (χ1v) is 6.26. The molecule has 0 aliphatic carbocycles. The molecule has 1 fully saturated rings. The van der Waals surface area contributed by atoms with E-state index in [1.165, 1.54) is 0 Å². The molecule has 0 aromatic heterocycles. The predicted octanol–water partition coefficient (Wildman–Crippen LogP) is -0.346. The van der Waals surface area contributed by atoms with Crippen molar-refractivity contribution in [2.75, 3.05) is 20.2 Å². The second kappa shape index (κ2) is 8.42. The maximum Gasteiger partial charge on any atom is 0.414 e. The molecule has 1 aliphatic rings. The van der Waals surface area contributed by atoms with E-state index in [0.29, 0.717) is 0 Å². The number of rotatable bonds is 2. The average molecular weight is 306 g/mol. The highest BCUT2D eigenvalue weighted by Crippen LogP contribution is 2.09. The molecule has 2 atom stereocenters. The topological polar surface area (TPSA) is 134 Å². The summed E-state index contributed by atoms with van der Waals surface area (Å²) in [6, 6.07) is -0.00940. The summed E-state index contributed by atoms with van der Waals surface area (Å²) in [5.74, 6) is -3.65. The maximum absolute atomic E-state index is 11.5. The number of methoxy groups -OCH3 is 1. The normalized spacial score (nSPS) is 21.0. The molecular formula is C12H22N2O7. The highest BCUT2D eigenvalue weighted by Gasteiger charge is 2.29. The number of ether oxygens (including phenoxy) is 2. The Bertz CT molecular complexity index is 366. The van der Waals surface area contributed by atoms with E-state index in [2.05, 4.69) is 10.6 Å². The minimum absolute atomic E-state index is 0.00940. The van der Waals surface area contributed by atoms with Gasteiger partial charge in [0.2, 0.25) is 0 Å². The smallest absolute Gasteiger partial charge is 0.414 e. The SMILES string of the molecule is CO[C@@H]1CNC[C@H]1NC(=O)OC(C)(C)C.O=C(O)C(=O)O. The number of hydrogen-bond acceptors (Lipinski definition) is 6. The molecule has 9 heteroatoms. The van der Waals surface area contributed by atoms with Crippen molar-refractivity contribution in [3.05, 3.63) is 0 Å². The summed E-state index contributed by atoms with van der Waals surface area (Å²) in [5.41, 5.74) is -0.460. The first kappa shape index (κ1) is 19.1. The van der Waals surface area contributed by atoms with E-state index in [4.69, 9.17) is 29.3 Å². The molecule has 1 aliphatic heterocycles. The molecule has 1 amide bonds. The standard InChI is InChI=1S/C10H20N2O3.C2H2O4/c1-10(2,3)15-9(13)12-7-5-11-6-8(7)14-4;3-1(4)2(5)6/h7-8,11H,5-6H2,1-4H3,(H,12,13);(H,3,4)(H,5,6)/t7-,8-;/m1./s1.